The summed E-state index contributed by atoms with van der Waals surface area (Å²) in [7, 11) is -4.29. The lowest BCUT2D eigenvalue weighted by atomic mass is 10.0. The van der Waals surface area contributed by atoms with Crippen molar-refractivity contribution < 1.29 is 18.0 Å². The molecular weight excluding hydrogens is 617 g/mol. The first-order chi connectivity index (χ1) is 21.0. The predicted octanol–water partition coefficient (Wildman–Crippen LogP) is 6.58. The van der Waals surface area contributed by atoms with Gasteiger partial charge in [-0.15, -0.1) is 0 Å². The fourth-order valence-corrected chi connectivity index (χ4v) is 6.73. The van der Waals surface area contributed by atoms with Gasteiger partial charge in [0.05, 0.1) is 20.6 Å². The quantitative estimate of drug-likeness (QED) is 0.187. The van der Waals surface area contributed by atoms with Gasteiger partial charge in [-0.3, -0.25) is 13.9 Å². The molecule has 0 spiro atoms. The molecule has 1 unspecified atom stereocenters. The SMILES string of the molecule is CCNC(=O)C(Cc1ccccc1)N(Cc1ccccc1C)C(=O)CN(c1cccc(Cl)c1Cl)S(=O)(=O)c1ccc(C)cc1. The minimum atomic E-state index is -4.29. The van der Waals surface area contributed by atoms with E-state index in [-0.39, 0.29) is 39.5 Å². The number of nitrogens with one attached hydrogen (secondary N) is 1. The summed E-state index contributed by atoms with van der Waals surface area (Å²) < 4.78 is 29.3. The number of anilines is 1. The molecule has 2 amide bonds. The van der Waals surface area contributed by atoms with E-state index in [0.29, 0.717) is 6.54 Å². The van der Waals surface area contributed by atoms with Gasteiger partial charge in [-0.25, -0.2) is 8.42 Å². The standard InChI is InChI=1S/C34H35Cl2N3O4S/c1-4-37-34(41)31(21-26-12-6-5-7-13-26)38(22-27-14-9-8-11-25(27)3)32(40)23-39(30-16-10-15-29(35)33(30)36)44(42,43)28-19-17-24(2)18-20-28/h5-20,31H,4,21-23H2,1-3H3,(H,37,41). The summed E-state index contributed by atoms with van der Waals surface area (Å²) in [5, 5.41) is 3.00. The van der Waals surface area contributed by atoms with Crippen molar-refractivity contribution in [3.05, 3.63) is 129 Å². The second-order valence-electron chi connectivity index (χ2n) is 10.4. The second-order valence-corrected chi connectivity index (χ2v) is 13.1. The number of amides is 2. The Kier molecular flexibility index (Phi) is 11.1. The molecule has 0 aliphatic carbocycles. The highest BCUT2D eigenvalue weighted by Crippen LogP contribution is 2.35. The number of halogens is 2. The summed E-state index contributed by atoms with van der Waals surface area (Å²) in [5.74, 6) is -0.917. The van der Waals surface area contributed by atoms with E-state index in [2.05, 4.69) is 5.32 Å². The van der Waals surface area contributed by atoms with Crippen molar-refractivity contribution in [3.8, 4) is 0 Å². The van der Waals surface area contributed by atoms with Crippen LogP contribution >= 0.6 is 23.2 Å². The zero-order chi connectivity index (χ0) is 31.9. The minimum Gasteiger partial charge on any atom is -0.355 e. The number of aryl methyl sites for hydroxylation is 2. The second kappa shape index (κ2) is 14.8. The van der Waals surface area contributed by atoms with Crippen LogP contribution in [-0.2, 0) is 32.6 Å². The average molecular weight is 653 g/mol. The molecule has 1 atom stereocenters. The number of carbonyl (C=O) groups excluding carboxylic acids is 2. The summed E-state index contributed by atoms with van der Waals surface area (Å²) in [6.45, 7) is 5.42. The highest BCUT2D eigenvalue weighted by atomic mass is 35.5. The molecule has 0 radical (unpaired) electrons. The number of hydrogen-bond donors (Lipinski definition) is 1. The van der Waals surface area contributed by atoms with Gasteiger partial charge in [0, 0.05) is 19.5 Å². The Morgan fingerprint density at radius 1 is 0.841 bits per heavy atom. The number of rotatable bonds is 12. The van der Waals surface area contributed by atoms with Crippen molar-refractivity contribution in [2.24, 2.45) is 0 Å². The van der Waals surface area contributed by atoms with Crippen molar-refractivity contribution in [1.82, 2.24) is 10.2 Å². The lowest BCUT2D eigenvalue weighted by Gasteiger charge is -2.34. The fraction of sp³-hybridized carbons (Fsp3) is 0.235. The van der Waals surface area contributed by atoms with Gasteiger partial charge >= 0.3 is 0 Å². The molecule has 4 aromatic rings. The normalized spacial score (nSPS) is 11.9. The van der Waals surface area contributed by atoms with E-state index >= 15 is 0 Å². The molecule has 10 heteroatoms. The van der Waals surface area contributed by atoms with Crippen molar-refractivity contribution in [3.63, 3.8) is 0 Å². The number of nitrogens with zero attached hydrogens (tertiary/aromatic N) is 2. The first-order valence-corrected chi connectivity index (χ1v) is 16.4. The Morgan fingerprint density at radius 3 is 2.16 bits per heavy atom. The van der Waals surface area contributed by atoms with Crippen molar-refractivity contribution in [1.29, 1.82) is 0 Å². The molecule has 0 aliphatic rings. The number of hydrogen-bond acceptors (Lipinski definition) is 4. The molecule has 7 nitrogen and oxygen atoms in total. The lowest BCUT2D eigenvalue weighted by Crippen LogP contribution is -2.53. The van der Waals surface area contributed by atoms with Gasteiger partial charge in [0.2, 0.25) is 11.8 Å². The third kappa shape index (κ3) is 7.80. The van der Waals surface area contributed by atoms with Gasteiger partial charge < -0.3 is 10.2 Å². The lowest BCUT2D eigenvalue weighted by molar-refractivity contribution is -0.140. The van der Waals surface area contributed by atoms with Crippen LogP contribution in [0.4, 0.5) is 5.69 Å². The molecule has 0 bridgehead atoms. The van der Waals surface area contributed by atoms with E-state index in [4.69, 9.17) is 23.2 Å². The predicted molar refractivity (Wildman–Crippen MR) is 177 cm³/mol. The Hall–Kier alpha value is -3.85. The third-order valence-corrected chi connectivity index (χ3v) is 9.89. The van der Waals surface area contributed by atoms with Gasteiger partial charge in [0.25, 0.3) is 10.0 Å². The van der Waals surface area contributed by atoms with Gasteiger partial charge in [0.15, 0.2) is 0 Å². The molecular formula is C34H35Cl2N3O4S. The van der Waals surface area contributed by atoms with Crippen molar-refractivity contribution >= 4 is 50.7 Å². The first-order valence-electron chi connectivity index (χ1n) is 14.2. The summed E-state index contributed by atoms with van der Waals surface area (Å²) in [5.41, 5.74) is 3.55. The molecule has 0 fully saturated rings. The number of benzene rings is 4. The molecule has 0 aromatic heterocycles. The maximum atomic E-state index is 14.5. The molecule has 0 saturated heterocycles. The number of carbonyl (C=O) groups is 2. The van der Waals surface area contributed by atoms with Crippen LogP contribution in [0, 0.1) is 13.8 Å². The molecule has 4 aromatic carbocycles. The Labute approximate surface area is 269 Å². The molecule has 0 aliphatic heterocycles. The van der Waals surface area contributed by atoms with Crippen LogP contribution in [-0.4, -0.2) is 44.3 Å². The van der Waals surface area contributed by atoms with Crippen LogP contribution in [0.1, 0.15) is 29.2 Å². The summed E-state index contributed by atoms with van der Waals surface area (Å²) in [4.78, 5) is 29.5. The summed E-state index contributed by atoms with van der Waals surface area (Å²) >= 11 is 12.9. The van der Waals surface area contributed by atoms with Gasteiger partial charge in [-0.05, 0) is 61.7 Å². The van der Waals surface area contributed by atoms with Crippen LogP contribution in [0.5, 0.6) is 0 Å². The van der Waals surface area contributed by atoms with E-state index in [1.807, 2.05) is 75.4 Å². The smallest absolute Gasteiger partial charge is 0.264 e. The monoisotopic (exact) mass is 651 g/mol. The highest BCUT2D eigenvalue weighted by Gasteiger charge is 2.35. The van der Waals surface area contributed by atoms with Gasteiger partial charge in [-0.2, -0.15) is 0 Å². The molecule has 0 heterocycles. The third-order valence-electron chi connectivity index (χ3n) is 7.31. The molecule has 44 heavy (non-hydrogen) atoms. The van der Waals surface area contributed by atoms with E-state index in [9.17, 15) is 18.0 Å². The molecule has 1 N–H and O–H groups in total. The van der Waals surface area contributed by atoms with Gasteiger partial charge in [-0.1, -0.05) is 102 Å². The van der Waals surface area contributed by atoms with Crippen LogP contribution in [0.3, 0.4) is 0 Å². The summed E-state index contributed by atoms with van der Waals surface area (Å²) in [6, 6.07) is 27.0. The number of sulfonamides is 1. The maximum Gasteiger partial charge on any atom is 0.264 e. The fourth-order valence-electron chi connectivity index (χ4n) is 4.85. The Morgan fingerprint density at radius 2 is 1.50 bits per heavy atom. The zero-order valence-corrected chi connectivity index (χ0v) is 27.2. The molecule has 0 saturated carbocycles. The van der Waals surface area contributed by atoms with Crippen molar-refractivity contribution in [2.75, 3.05) is 17.4 Å². The van der Waals surface area contributed by atoms with Gasteiger partial charge in [0.1, 0.15) is 12.6 Å². The van der Waals surface area contributed by atoms with E-state index in [1.165, 1.54) is 23.1 Å². The van der Waals surface area contributed by atoms with Crippen LogP contribution < -0.4 is 9.62 Å². The van der Waals surface area contributed by atoms with E-state index in [1.54, 1.807) is 24.3 Å². The first kappa shape index (κ1) is 33.1. The minimum absolute atomic E-state index is 0.00679. The molecule has 4 rings (SSSR count). The topological polar surface area (TPSA) is 86.8 Å². The van der Waals surface area contributed by atoms with Crippen LogP contribution in [0.25, 0.3) is 0 Å². The summed E-state index contributed by atoms with van der Waals surface area (Å²) in [6.07, 6.45) is 0.229. The Balaban J connectivity index is 1.84. The number of likely N-dealkylation sites (N-methyl/N-ethyl adjacent to an activating group) is 1. The molecule has 230 valence electrons. The van der Waals surface area contributed by atoms with E-state index in [0.717, 1.165) is 26.6 Å². The zero-order valence-electron chi connectivity index (χ0n) is 24.8. The van der Waals surface area contributed by atoms with E-state index < -0.39 is 28.5 Å². The maximum absolute atomic E-state index is 14.5. The average Bonchev–Trinajstić information content (AvgIpc) is 3.01. The van der Waals surface area contributed by atoms with Crippen LogP contribution in [0.2, 0.25) is 10.0 Å². The highest BCUT2D eigenvalue weighted by molar-refractivity contribution is 7.92. The van der Waals surface area contributed by atoms with Crippen LogP contribution in [0.15, 0.2) is 102 Å². The Bertz CT molecular complexity index is 1710. The largest absolute Gasteiger partial charge is 0.355 e. The van der Waals surface area contributed by atoms with Crippen molar-refractivity contribution in [2.45, 2.75) is 44.7 Å².